The molecule has 4 nitrogen and oxygen atoms in total. The second-order valence-corrected chi connectivity index (χ2v) is 8.54. The zero-order valence-electron chi connectivity index (χ0n) is 16.5. The third-order valence-electron chi connectivity index (χ3n) is 5.61. The monoisotopic (exact) mass is 570 g/mol. The summed E-state index contributed by atoms with van der Waals surface area (Å²) < 4.78 is 3.09. The van der Waals surface area contributed by atoms with Gasteiger partial charge in [0.15, 0.2) is 12.4 Å². The predicted molar refractivity (Wildman–Crippen MR) is 119 cm³/mol. The topological polar surface area (TPSA) is 34.1 Å². The molecule has 0 fully saturated rings. The van der Waals surface area contributed by atoms with Crippen molar-refractivity contribution in [3.05, 3.63) is 87.7 Å². The minimum absolute atomic E-state index is 0. The van der Waals surface area contributed by atoms with E-state index in [-0.39, 0.29) is 24.0 Å². The van der Waals surface area contributed by atoms with E-state index in [1.807, 2.05) is 42.2 Å². The van der Waals surface area contributed by atoms with Gasteiger partial charge in [0, 0.05) is 46.6 Å². The summed E-state index contributed by atoms with van der Waals surface area (Å²) in [5, 5.41) is 9.67. The molecule has 2 aliphatic heterocycles. The Bertz CT molecular complexity index is 1180. The molecule has 2 aliphatic rings. The number of anilines is 2. The highest BCUT2D eigenvalue weighted by Gasteiger charge is 2.29. The first-order valence-electron chi connectivity index (χ1n) is 9.59. The molecule has 2 aromatic carbocycles. The second-order valence-electron chi connectivity index (χ2n) is 7.62. The van der Waals surface area contributed by atoms with Crippen LogP contribution in [0.2, 0.25) is 0 Å². The highest BCUT2D eigenvalue weighted by atomic mass is 127. The van der Waals surface area contributed by atoms with Crippen molar-refractivity contribution < 1.29 is 28.5 Å². The van der Waals surface area contributed by atoms with Crippen LogP contribution in [0.4, 0.5) is 11.4 Å². The lowest BCUT2D eigenvalue weighted by atomic mass is 9.98. The Morgan fingerprint density at radius 1 is 1.00 bits per heavy atom. The average molecular weight is 571 g/mol. The summed E-state index contributed by atoms with van der Waals surface area (Å²) in [6.45, 7) is 2.71. The van der Waals surface area contributed by atoms with Crippen LogP contribution in [0.3, 0.4) is 0 Å². The zero-order valence-corrected chi connectivity index (χ0v) is 20.3. The summed E-state index contributed by atoms with van der Waals surface area (Å²) in [5.74, 6) is 0. The number of nitrogens with zero attached hydrogens (tertiary/aromatic N) is 4. The molecule has 0 radical (unpaired) electrons. The van der Waals surface area contributed by atoms with Gasteiger partial charge in [0.25, 0.3) is 0 Å². The molecule has 0 atom stereocenters. The Kier molecular flexibility index (Phi) is 5.85. The molecule has 30 heavy (non-hydrogen) atoms. The quantitative estimate of drug-likeness (QED) is 0.267. The molecule has 2 bridgehead atoms. The smallest absolute Gasteiger partial charge is 0.169 e. The number of halogens is 2. The molecular weight excluding hydrogens is 551 g/mol. The van der Waals surface area contributed by atoms with Gasteiger partial charge in [0.05, 0.1) is 18.3 Å². The van der Waals surface area contributed by atoms with Gasteiger partial charge in [-0.15, -0.1) is 0 Å². The van der Waals surface area contributed by atoms with Crippen molar-refractivity contribution >= 4 is 39.0 Å². The number of benzene rings is 2. The first-order chi connectivity index (χ1) is 14.1. The lowest BCUT2D eigenvalue weighted by Gasteiger charge is -2.45. The van der Waals surface area contributed by atoms with Crippen LogP contribution in [0, 0.1) is 11.3 Å². The van der Waals surface area contributed by atoms with Crippen LogP contribution in [0.1, 0.15) is 22.3 Å². The molecule has 1 aromatic heterocycles. The lowest BCUT2D eigenvalue weighted by Crippen LogP contribution is -3.00. The first-order valence-corrected chi connectivity index (χ1v) is 10.4. The van der Waals surface area contributed by atoms with E-state index in [1.54, 1.807) is 0 Å². The van der Waals surface area contributed by atoms with E-state index in [0.29, 0.717) is 5.57 Å². The zero-order chi connectivity index (χ0) is 20.0. The number of allylic oxidation sites excluding steroid dienone is 1. The van der Waals surface area contributed by atoms with Crippen LogP contribution in [0.25, 0.3) is 11.6 Å². The van der Waals surface area contributed by atoms with Crippen molar-refractivity contribution in [1.29, 1.82) is 5.26 Å². The molecule has 5 rings (SSSR count). The third-order valence-corrected chi connectivity index (χ3v) is 6.10. The van der Waals surface area contributed by atoms with Crippen molar-refractivity contribution in [2.45, 2.75) is 13.1 Å². The summed E-state index contributed by atoms with van der Waals surface area (Å²) in [6.07, 6.45) is 5.91. The summed E-state index contributed by atoms with van der Waals surface area (Å²) in [4.78, 5) is 4.84. The van der Waals surface area contributed by atoms with Crippen LogP contribution in [-0.2, 0) is 20.1 Å². The number of fused-ring (bicyclic) bond motifs is 6. The van der Waals surface area contributed by atoms with Gasteiger partial charge in [-0.1, -0.05) is 22.0 Å². The molecule has 0 saturated carbocycles. The minimum Gasteiger partial charge on any atom is -1.00 e. The molecule has 0 unspecified atom stereocenters. The molecule has 0 aliphatic carbocycles. The Morgan fingerprint density at radius 2 is 1.63 bits per heavy atom. The number of aryl methyl sites for hydroxylation is 1. The maximum atomic E-state index is 9.67. The fraction of sp³-hybridized carbons (Fsp3) is 0.167. The Hall–Kier alpha value is -2.37. The standard InChI is InChI=1S/C24H20BrN4.HI/c1-27-8-6-18(7-9-27)19(13-26)10-17-2-4-23-20(11-17)14-28-16-29(23)15-21-12-22(25)3-5-24(21)28;/h2-12H,14-16H2,1H3;1H/q+1;/p-1. The third kappa shape index (κ3) is 3.84. The van der Waals surface area contributed by atoms with Gasteiger partial charge >= 0.3 is 0 Å². The number of pyridine rings is 1. The molecule has 0 amide bonds. The second kappa shape index (κ2) is 8.40. The van der Waals surface area contributed by atoms with Gasteiger partial charge in [-0.05, 0) is 53.1 Å². The van der Waals surface area contributed by atoms with E-state index in [4.69, 9.17) is 0 Å². The Labute approximate surface area is 202 Å². The predicted octanol–water partition coefficient (Wildman–Crippen LogP) is 1.64. The summed E-state index contributed by atoms with van der Waals surface area (Å²) in [7, 11) is 1.97. The molecule has 0 N–H and O–H groups in total. The van der Waals surface area contributed by atoms with Crippen LogP contribution >= 0.6 is 15.9 Å². The molecular formula is C24H20BrIN4. The van der Waals surface area contributed by atoms with E-state index < -0.39 is 0 Å². The van der Waals surface area contributed by atoms with Crippen molar-refractivity contribution in [2.75, 3.05) is 16.5 Å². The molecule has 3 aromatic rings. The largest absolute Gasteiger partial charge is 1.00 e. The van der Waals surface area contributed by atoms with E-state index in [2.05, 4.69) is 68.2 Å². The number of rotatable bonds is 2. The highest BCUT2D eigenvalue weighted by molar-refractivity contribution is 9.10. The van der Waals surface area contributed by atoms with E-state index in [0.717, 1.165) is 35.4 Å². The van der Waals surface area contributed by atoms with Crippen molar-refractivity contribution in [2.24, 2.45) is 7.05 Å². The number of hydrogen-bond acceptors (Lipinski definition) is 3. The lowest BCUT2D eigenvalue weighted by molar-refractivity contribution is -0.671. The maximum Gasteiger partial charge on any atom is 0.169 e. The molecule has 3 heterocycles. The summed E-state index contributed by atoms with van der Waals surface area (Å²) >= 11 is 3.59. The maximum absolute atomic E-state index is 9.67. The fourth-order valence-electron chi connectivity index (χ4n) is 4.19. The first kappa shape index (κ1) is 20.9. The number of aromatic nitrogens is 1. The van der Waals surface area contributed by atoms with Gasteiger partial charge in [0.2, 0.25) is 0 Å². The van der Waals surface area contributed by atoms with Crippen molar-refractivity contribution in [1.82, 2.24) is 0 Å². The normalized spacial score (nSPS) is 14.4. The van der Waals surface area contributed by atoms with Gasteiger partial charge in [0.1, 0.15) is 7.05 Å². The van der Waals surface area contributed by atoms with E-state index in [9.17, 15) is 5.26 Å². The van der Waals surface area contributed by atoms with Gasteiger partial charge in [-0.25, -0.2) is 4.57 Å². The van der Waals surface area contributed by atoms with Gasteiger partial charge in [-0.3, -0.25) is 0 Å². The number of hydrogen-bond donors (Lipinski definition) is 0. The fourth-order valence-corrected chi connectivity index (χ4v) is 4.60. The minimum atomic E-state index is 0. The average Bonchev–Trinajstić information content (AvgIpc) is 2.72. The Balaban J connectivity index is 0.00000218. The van der Waals surface area contributed by atoms with Gasteiger partial charge < -0.3 is 33.8 Å². The van der Waals surface area contributed by atoms with E-state index >= 15 is 0 Å². The van der Waals surface area contributed by atoms with Crippen LogP contribution < -0.4 is 38.3 Å². The molecule has 0 spiro atoms. The SMILES string of the molecule is C[n+]1ccc(/C(C#N)=C/c2ccc3c(c2)CN2CN3Cc3cc(Br)ccc32)cc1.[I-]. The highest BCUT2D eigenvalue weighted by Crippen LogP contribution is 2.39. The van der Waals surface area contributed by atoms with Gasteiger partial charge in [-0.2, -0.15) is 5.26 Å². The van der Waals surface area contributed by atoms with E-state index in [1.165, 1.54) is 22.5 Å². The Morgan fingerprint density at radius 3 is 2.30 bits per heavy atom. The molecule has 6 heteroatoms. The molecule has 0 saturated heterocycles. The van der Waals surface area contributed by atoms with Crippen molar-refractivity contribution in [3.8, 4) is 6.07 Å². The van der Waals surface area contributed by atoms with Crippen molar-refractivity contribution in [3.63, 3.8) is 0 Å². The molecule has 150 valence electrons. The van der Waals surface area contributed by atoms with Crippen LogP contribution in [0.15, 0.2) is 65.4 Å². The summed E-state index contributed by atoms with van der Waals surface area (Å²) in [6, 6.07) is 19.4. The summed E-state index contributed by atoms with van der Waals surface area (Å²) in [5.41, 5.74) is 7.93. The number of nitriles is 1. The van der Waals surface area contributed by atoms with Crippen LogP contribution in [0.5, 0.6) is 0 Å². The van der Waals surface area contributed by atoms with Crippen LogP contribution in [-0.4, -0.2) is 6.67 Å².